The summed E-state index contributed by atoms with van der Waals surface area (Å²) >= 11 is 1.40. The molecule has 0 unspecified atom stereocenters. The molecule has 6 nitrogen and oxygen atoms in total. The Labute approximate surface area is 131 Å². The van der Waals surface area contributed by atoms with E-state index in [0.717, 1.165) is 5.76 Å². The van der Waals surface area contributed by atoms with Crippen LogP contribution in [0.5, 0.6) is 5.75 Å². The highest BCUT2D eigenvalue weighted by Gasteiger charge is 2.12. The first-order chi connectivity index (χ1) is 10.6. The Bertz CT molecular complexity index is 654. The average Bonchev–Trinajstić information content (AvgIpc) is 3.00. The maximum Gasteiger partial charge on any atom is 0.335 e. The zero-order valence-electron chi connectivity index (χ0n) is 11.9. The van der Waals surface area contributed by atoms with Crippen LogP contribution in [-0.2, 0) is 10.5 Å². The topological polar surface area (TPSA) is 88.8 Å². The van der Waals surface area contributed by atoms with E-state index in [4.69, 9.17) is 14.3 Å². The summed E-state index contributed by atoms with van der Waals surface area (Å²) in [5.41, 5.74) is 0.422. The second-order valence-electron chi connectivity index (χ2n) is 4.34. The predicted octanol–water partition coefficient (Wildman–Crippen LogP) is 2.86. The highest BCUT2D eigenvalue weighted by Crippen LogP contribution is 2.26. The van der Waals surface area contributed by atoms with Gasteiger partial charge in [-0.3, -0.25) is 4.79 Å². The number of carbonyl (C=O) groups is 2. The molecule has 116 valence electrons. The maximum atomic E-state index is 11.9. The van der Waals surface area contributed by atoms with Gasteiger partial charge in [0.2, 0.25) is 5.91 Å². The number of furan rings is 1. The minimum Gasteiger partial charge on any atom is -0.495 e. The monoisotopic (exact) mass is 321 g/mol. The number of nitrogens with one attached hydrogen (secondary N) is 1. The minimum atomic E-state index is -1.06. The van der Waals surface area contributed by atoms with Crippen molar-refractivity contribution in [2.24, 2.45) is 0 Å². The summed E-state index contributed by atoms with van der Waals surface area (Å²) in [7, 11) is 1.46. The van der Waals surface area contributed by atoms with Crippen molar-refractivity contribution in [3.05, 3.63) is 47.9 Å². The van der Waals surface area contributed by atoms with Gasteiger partial charge in [-0.15, -0.1) is 11.8 Å². The number of carbonyl (C=O) groups excluding carboxylic acids is 1. The van der Waals surface area contributed by atoms with Gasteiger partial charge in [-0.05, 0) is 30.3 Å². The number of benzene rings is 1. The van der Waals surface area contributed by atoms with Gasteiger partial charge in [0.15, 0.2) is 0 Å². The third-order valence-electron chi connectivity index (χ3n) is 2.78. The van der Waals surface area contributed by atoms with Crippen molar-refractivity contribution >= 4 is 29.3 Å². The van der Waals surface area contributed by atoms with Crippen molar-refractivity contribution in [1.29, 1.82) is 0 Å². The molecule has 0 saturated heterocycles. The van der Waals surface area contributed by atoms with E-state index in [1.165, 1.54) is 37.1 Å². The van der Waals surface area contributed by atoms with E-state index < -0.39 is 5.97 Å². The van der Waals surface area contributed by atoms with Gasteiger partial charge in [-0.2, -0.15) is 0 Å². The first-order valence-corrected chi connectivity index (χ1v) is 7.57. The van der Waals surface area contributed by atoms with Gasteiger partial charge in [-0.25, -0.2) is 4.79 Å². The SMILES string of the molecule is COc1ccc(C(=O)O)cc1NC(=O)CSCc1ccco1. The van der Waals surface area contributed by atoms with Crippen molar-refractivity contribution in [2.75, 3.05) is 18.2 Å². The molecule has 2 N–H and O–H groups in total. The van der Waals surface area contributed by atoms with Gasteiger partial charge in [0.05, 0.1) is 36.1 Å². The summed E-state index contributed by atoms with van der Waals surface area (Å²) in [6.07, 6.45) is 1.58. The number of thioether (sulfide) groups is 1. The number of hydrogen-bond acceptors (Lipinski definition) is 5. The van der Waals surface area contributed by atoms with Crippen LogP contribution in [0.2, 0.25) is 0 Å². The van der Waals surface area contributed by atoms with Crippen LogP contribution in [0.3, 0.4) is 0 Å². The predicted molar refractivity (Wildman–Crippen MR) is 83.5 cm³/mol. The summed E-state index contributed by atoms with van der Waals surface area (Å²) in [4.78, 5) is 22.9. The van der Waals surface area contributed by atoms with Gasteiger partial charge in [0.1, 0.15) is 11.5 Å². The summed E-state index contributed by atoms with van der Waals surface area (Å²) in [6.45, 7) is 0. The van der Waals surface area contributed by atoms with E-state index in [9.17, 15) is 9.59 Å². The third-order valence-corrected chi connectivity index (χ3v) is 3.73. The van der Waals surface area contributed by atoms with E-state index in [2.05, 4.69) is 5.32 Å². The Morgan fingerprint density at radius 1 is 1.36 bits per heavy atom. The molecular weight excluding hydrogens is 306 g/mol. The lowest BCUT2D eigenvalue weighted by atomic mass is 10.2. The van der Waals surface area contributed by atoms with Crippen LogP contribution in [0, 0.1) is 0 Å². The molecule has 0 radical (unpaired) electrons. The number of amides is 1. The van der Waals surface area contributed by atoms with Gasteiger partial charge in [-0.1, -0.05) is 0 Å². The molecule has 1 heterocycles. The van der Waals surface area contributed by atoms with E-state index in [1.54, 1.807) is 12.3 Å². The molecule has 2 rings (SSSR count). The Morgan fingerprint density at radius 2 is 2.18 bits per heavy atom. The zero-order chi connectivity index (χ0) is 15.9. The molecule has 22 heavy (non-hydrogen) atoms. The average molecular weight is 321 g/mol. The number of carboxylic acid groups (broad SMARTS) is 1. The molecule has 2 aromatic rings. The lowest BCUT2D eigenvalue weighted by Gasteiger charge is -2.10. The molecule has 7 heteroatoms. The number of carboxylic acids is 1. The molecule has 0 fully saturated rings. The Morgan fingerprint density at radius 3 is 2.82 bits per heavy atom. The Kier molecular flexibility index (Phi) is 5.48. The molecule has 0 spiro atoms. The van der Waals surface area contributed by atoms with Crippen molar-refractivity contribution in [2.45, 2.75) is 5.75 Å². The smallest absolute Gasteiger partial charge is 0.335 e. The van der Waals surface area contributed by atoms with Gasteiger partial charge >= 0.3 is 5.97 Å². The lowest BCUT2D eigenvalue weighted by molar-refractivity contribution is -0.113. The van der Waals surface area contributed by atoms with Crippen molar-refractivity contribution < 1.29 is 23.8 Å². The number of anilines is 1. The standard InChI is InChI=1S/C15H15NO5S/c1-20-13-5-4-10(15(18)19)7-12(13)16-14(17)9-22-8-11-3-2-6-21-11/h2-7H,8-9H2,1H3,(H,16,17)(H,18,19). The molecule has 0 aliphatic heterocycles. The molecular formula is C15H15NO5S. The highest BCUT2D eigenvalue weighted by atomic mass is 32.2. The van der Waals surface area contributed by atoms with Crippen LogP contribution >= 0.6 is 11.8 Å². The second-order valence-corrected chi connectivity index (χ2v) is 5.33. The number of rotatable bonds is 7. The molecule has 1 aromatic carbocycles. The normalized spacial score (nSPS) is 10.2. The van der Waals surface area contributed by atoms with Crippen LogP contribution in [0.25, 0.3) is 0 Å². The van der Waals surface area contributed by atoms with Gasteiger partial charge < -0.3 is 19.6 Å². The summed E-state index contributed by atoms with van der Waals surface area (Å²) in [5.74, 6) is 0.716. The van der Waals surface area contributed by atoms with Crippen molar-refractivity contribution in [3.8, 4) is 5.75 Å². The number of ether oxygens (including phenoxy) is 1. The Balaban J connectivity index is 1.95. The number of methoxy groups -OCH3 is 1. The fourth-order valence-corrected chi connectivity index (χ4v) is 2.49. The quantitative estimate of drug-likeness (QED) is 0.815. The van der Waals surface area contributed by atoms with E-state index in [-0.39, 0.29) is 17.2 Å². The van der Waals surface area contributed by atoms with Crippen LogP contribution in [0.4, 0.5) is 5.69 Å². The van der Waals surface area contributed by atoms with Crippen LogP contribution < -0.4 is 10.1 Å². The van der Waals surface area contributed by atoms with Crippen LogP contribution in [-0.4, -0.2) is 29.8 Å². The van der Waals surface area contributed by atoms with Crippen molar-refractivity contribution in [3.63, 3.8) is 0 Å². The van der Waals surface area contributed by atoms with Gasteiger partial charge in [0, 0.05) is 0 Å². The van der Waals surface area contributed by atoms with E-state index in [0.29, 0.717) is 17.2 Å². The van der Waals surface area contributed by atoms with Crippen LogP contribution in [0.15, 0.2) is 41.0 Å². The van der Waals surface area contributed by atoms with E-state index in [1.807, 2.05) is 6.07 Å². The molecule has 0 atom stereocenters. The largest absolute Gasteiger partial charge is 0.495 e. The Hall–Kier alpha value is -2.41. The molecule has 0 bridgehead atoms. The summed E-state index contributed by atoms with van der Waals surface area (Å²) in [6, 6.07) is 7.93. The number of aromatic carboxylic acids is 1. The first-order valence-electron chi connectivity index (χ1n) is 6.41. The van der Waals surface area contributed by atoms with Crippen LogP contribution in [0.1, 0.15) is 16.1 Å². The van der Waals surface area contributed by atoms with E-state index >= 15 is 0 Å². The molecule has 0 aliphatic rings. The molecule has 0 saturated carbocycles. The second kappa shape index (κ2) is 7.56. The summed E-state index contributed by atoms with van der Waals surface area (Å²) in [5, 5.41) is 11.6. The third kappa shape index (κ3) is 4.29. The molecule has 1 amide bonds. The van der Waals surface area contributed by atoms with Crippen molar-refractivity contribution in [1.82, 2.24) is 0 Å². The maximum absolute atomic E-state index is 11.9. The molecule has 0 aliphatic carbocycles. The number of hydrogen-bond donors (Lipinski definition) is 2. The molecule has 1 aromatic heterocycles. The highest BCUT2D eigenvalue weighted by molar-refractivity contribution is 7.99. The summed E-state index contributed by atoms with van der Waals surface area (Å²) < 4.78 is 10.3. The fourth-order valence-electron chi connectivity index (χ4n) is 1.76. The zero-order valence-corrected chi connectivity index (χ0v) is 12.7. The fraction of sp³-hybridized carbons (Fsp3) is 0.200. The lowest BCUT2D eigenvalue weighted by Crippen LogP contribution is -2.15. The minimum absolute atomic E-state index is 0.0827. The first kappa shape index (κ1) is 16.0. The van der Waals surface area contributed by atoms with Gasteiger partial charge in [0.25, 0.3) is 0 Å².